The first-order chi connectivity index (χ1) is 11.7. The second kappa shape index (κ2) is 7.32. The Hall–Kier alpha value is -2.59. The van der Waals surface area contributed by atoms with Gasteiger partial charge in [-0.15, -0.1) is 11.3 Å². The van der Waals surface area contributed by atoms with E-state index in [1.54, 1.807) is 0 Å². The van der Waals surface area contributed by atoms with Crippen LogP contribution in [0.2, 0.25) is 0 Å². The summed E-state index contributed by atoms with van der Waals surface area (Å²) >= 11 is 1.44. The molecule has 0 fully saturated rings. The van der Waals surface area contributed by atoms with Gasteiger partial charge in [-0.2, -0.15) is 0 Å². The molecule has 0 saturated heterocycles. The van der Waals surface area contributed by atoms with E-state index in [-0.39, 0.29) is 5.91 Å². The number of anilines is 1. The Morgan fingerprint density at radius 3 is 2.58 bits per heavy atom. The van der Waals surface area contributed by atoms with Crippen molar-refractivity contribution in [3.63, 3.8) is 0 Å². The number of hydrogen-bond donors (Lipinski definition) is 1. The molecule has 3 rings (SSSR count). The molecule has 0 saturated carbocycles. The highest BCUT2D eigenvalue weighted by Gasteiger charge is 2.16. The van der Waals surface area contributed by atoms with Crippen molar-refractivity contribution < 1.29 is 9.53 Å². The highest BCUT2D eigenvalue weighted by atomic mass is 32.1. The first-order valence-electron chi connectivity index (χ1n) is 7.86. The van der Waals surface area contributed by atoms with E-state index in [0.717, 1.165) is 11.1 Å². The average Bonchev–Trinajstić information content (AvgIpc) is 3.07. The van der Waals surface area contributed by atoms with Crippen LogP contribution in [0.5, 0.6) is 5.75 Å². The van der Waals surface area contributed by atoms with Gasteiger partial charge in [0.1, 0.15) is 5.75 Å². The van der Waals surface area contributed by atoms with Crippen molar-refractivity contribution >= 4 is 22.9 Å². The quantitative estimate of drug-likeness (QED) is 0.679. The molecule has 1 aromatic heterocycles. The summed E-state index contributed by atoms with van der Waals surface area (Å²) in [5.41, 5.74) is 3.88. The van der Waals surface area contributed by atoms with Crippen molar-refractivity contribution in [2.24, 2.45) is 0 Å². The molecule has 0 aliphatic rings. The van der Waals surface area contributed by atoms with Gasteiger partial charge in [0.05, 0.1) is 17.2 Å². The van der Waals surface area contributed by atoms with Crippen LogP contribution in [0.1, 0.15) is 22.2 Å². The molecule has 24 heavy (non-hydrogen) atoms. The summed E-state index contributed by atoms with van der Waals surface area (Å²) in [4.78, 5) is 13.4. The van der Waals surface area contributed by atoms with Gasteiger partial charge in [-0.05, 0) is 43.0 Å². The third-order valence-corrected chi connectivity index (χ3v) is 4.58. The molecule has 0 unspecified atom stereocenters. The number of hydrogen-bond acceptors (Lipinski definition) is 3. The number of benzene rings is 2. The lowest BCUT2D eigenvalue weighted by Gasteiger charge is -2.11. The number of nitrogens with one attached hydrogen (secondary N) is 1. The fourth-order valence-corrected chi connectivity index (χ4v) is 3.29. The Bertz CT molecular complexity index is 837. The van der Waals surface area contributed by atoms with Crippen LogP contribution in [-0.2, 0) is 0 Å². The maximum Gasteiger partial charge on any atom is 0.266 e. The van der Waals surface area contributed by atoms with Crippen LogP contribution in [-0.4, -0.2) is 12.5 Å². The van der Waals surface area contributed by atoms with Crippen molar-refractivity contribution in [3.8, 4) is 16.9 Å². The van der Waals surface area contributed by atoms with Gasteiger partial charge in [-0.1, -0.05) is 42.0 Å². The first kappa shape index (κ1) is 16.3. The molecule has 3 nitrogen and oxygen atoms in total. The highest BCUT2D eigenvalue weighted by Crippen LogP contribution is 2.31. The molecular formula is C20H19NO2S. The summed E-state index contributed by atoms with van der Waals surface area (Å²) in [6.45, 7) is 4.53. The molecule has 1 N–H and O–H groups in total. The van der Waals surface area contributed by atoms with Gasteiger partial charge in [0.2, 0.25) is 0 Å². The van der Waals surface area contributed by atoms with E-state index in [9.17, 15) is 4.79 Å². The SMILES string of the molecule is CCOc1ccccc1NC(=O)c1sccc1-c1ccc(C)cc1. The molecule has 4 heteroatoms. The summed E-state index contributed by atoms with van der Waals surface area (Å²) in [7, 11) is 0. The Morgan fingerprint density at radius 1 is 1.08 bits per heavy atom. The van der Waals surface area contributed by atoms with Crippen LogP contribution in [0.25, 0.3) is 11.1 Å². The molecule has 0 aliphatic carbocycles. The molecule has 0 radical (unpaired) electrons. The van der Waals surface area contributed by atoms with Gasteiger partial charge in [0.25, 0.3) is 5.91 Å². The van der Waals surface area contributed by atoms with Crippen molar-refractivity contribution in [1.29, 1.82) is 0 Å². The molecule has 122 valence electrons. The lowest BCUT2D eigenvalue weighted by Crippen LogP contribution is -2.12. The zero-order chi connectivity index (χ0) is 16.9. The largest absolute Gasteiger partial charge is 0.492 e. The third-order valence-electron chi connectivity index (χ3n) is 3.67. The summed E-state index contributed by atoms with van der Waals surface area (Å²) in [6.07, 6.45) is 0. The molecule has 0 spiro atoms. The molecular weight excluding hydrogens is 318 g/mol. The minimum Gasteiger partial charge on any atom is -0.492 e. The van der Waals surface area contributed by atoms with Gasteiger partial charge in [0.15, 0.2) is 0 Å². The average molecular weight is 337 g/mol. The lowest BCUT2D eigenvalue weighted by molar-refractivity contribution is 0.103. The Labute approximate surface area is 145 Å². The summed E-state index contributed by atoms with van der Waals surface area (Å²) in [5, 5.41) is 4.91. The minimum absolute atomic E-state index is 0.118. The molecule has 2 aromatic carbocycles. The van der Waals surface area contributed by atoms with Crippen molar-refractivity contribution in [2.45, 2.75) is 13.8 Å². The monoisotopic (exact) mass is 337 g/mol. The number of ether oxygens (including phenoxy) is 1. The zero-order valence-electron chi connectivity index (χ0n) is 13.7. The van der Waals surface area contributed by atoms with E-state index >= 15 is 0 Å². The number of amides is 1. The first-order valence-corrected chi connectivity index (χ1v) is 8.74. The van der Waals surface area contributed by atoms with E-state index in [1.165, 1.54) is 16.9 Å². The number of aryl methyl sites for hydroxylation is 1. The fraction of sp³-hybridized carbons (Fsp3) is 0.150. The van der Waals surface area contributed by atoms with Crippen molar-refractivity contribution in [2.75, 3.05) is 11.9 Å². The molecule has 1 amide bonds. The normalized spacial score (nSPS) is 10.4. The van der Waals surface area contributed by atoms with E-state index in [2.05, 4.69) is 24.4 Å². The third kappa shape index (κ3) is 3.49. The van der Waals surface area contributed by atoms with Gasteiger partial charge in [0, 0.05) is 5.56 Å². The van der Waals surface area contributed by atoms with Gasteiger partial charge >= 0.3 is 0 Å². The summed E-state index contributed by atoms with van der Waals surface area (Å²) < 4.78 is 5.57. The lowest BCUT2D eigenvalue weighted by atomic mass is 10.0. The van der Waals surface area contributed by atoms with Crippen LogP contribution >= 0.6 is 11.3 Å². The predicted molar refractivity (Wildman–Crippen MR) is 100 cm³/mol. The number of carbonyl (C=O) groups is 1. The standard InChI is InChI=1S/C20H19NO2S/c1-3-23-18-7-5-4-6-17(18)21-20(22)19-16(12-13-24-19)15-10-8-14(2)9-11-15/h4-13H,3H2,1-2H3,(H,21,22). The van der Waals surface area contributed by atoms with Gasteiger partial charge in [-0.3, -0.25) is 4.79 Å². The Kier molecular flexibility index (Phi) is 4.96. The molecule has 0 bridgehead atoms. The Morgan fingerprint density at radius 2 is 1.83 bits per heavy atom. The van der Waals surface area contributed by atoms with Crippen LogP contribution in [0.15, 0.2) is 60.0 Å². The minimum atomic E-state index is -0.118. The van der Waals surface area contributed by atoms with Crippen LogP contribution in [0.3, 0.4) is 0 Å². The number of carbonyl (C=O) groups excluding carboxylic acids is 1. The second-order valence-corrected chi connectivity index (χ2v) is 6.33. The smallest absolute Gasteiger partial charge is 0.266 e. The van der Waals surface area contributed by atoms with E-state index < -0.39 is 0 Å². The number of thiophene rings is 1. The molecule has 3 aromatic rings. The maximum atomic E-state index is 12.7. The number of para-hydroxylation sites is 2. The van der Waals surface area contributed by atoms with Gasteiger partial charge in [-0.25, -0.2) is 0 Å². The van der Waals surface area contributed by atoms with E-state index in [1.807, 2.05) is 54.8 Å². The van der Waals surface area contributed by atoms with Crippen LogP contribution in [0.4, 0.5) is 5.69 Å². The van der Waals surface area contributed by atoms with Crippen molar-refractivity contribution in [1.82, 2.24) is 0 Å². The predicted octanol–water partition coefficient (Wildman–Crippen LogP) is 5.37. The van der Waals surface area contributed by atoms with Gasteiger partial charge < -0.3 is 10.1 Å². The molecule has 0 atom stereocenters. The van der Waals surface area contributed by atoms with E-state index in [0.29, 0.717) is 22.9 Å². The maximum absolute atomic E-state index is 12.7. The zero-order valence-corrected chi connectivity index (χ0v) is 14.5. The van der Waals surface area contributed by atoms with E-state index in [4.69, 9.17) is 4.74 Å². The van der Waals surface area contributed by atoms with Crippen LogP contribution < -0.4 is 10.1 Å². The topological polar surface area (TPSA) is 38.3 Å². The summed E-state index contributed by atoms with van der Waals surface area (Å²) in [5.74, 6) is 0.564. The van der Waals surface area contributed by atoms with Crippen LogP contribution in [0, 0.1) is 6.92 Å². The highest BCUT2D eigenvalue weighted by molar-refractivity contribution is 7.12. The molecule has 1 heterocycles. The molecule has 0 aliphatic heterocycles. The van der Waals surface area contributed by atoms with Crippen molar-refractivity contribution in [3.05, 3.63) is 70.4 Å². The summed E-state index contributed by atoms with van der Waals surface area (Å²) in [6, 6.07) is 17.7. The fourth-order valence-electron chi connectivity index (χ4n) is 2.48. The number of rotatable bonds is 5. The Balaban J connectivity index is 1.87. The second-order valence-electron chi connectivity index (χ2n) is 5.41.